The zero-order valence-electron chi connectivity index (χ0n) is 14.9. The number of nitrogens with zero attached hydrogens (tertiary/aromatic N) is 3. The van der Waals surface area contributed by atoms with E-state index in [2.05, 4.69) is 56.8 Å². The molecule has 0 aliphatic carbocycles. The molecule has 1 aliphatic heterocycles. The monoisotopic (exact) mass is 412 g/mol. The number of hydrogen-bond donors (Lipinski definition) is 1. The lowest BCUT2D eigenvalue weighted by Crippen LogP contribution is -2.49. The third-order valence-corrected chi connectivity index (χ3v) is 5.39. The van der Waals surface area contributed by atoms with Crippen LogP contribution in [-0.4, -0.2) is 47.0 Å². The molecule has 6 heteroatoms. The molecule has 134 valence electrons. The van der Waals surface area contributed by atoms with Crippen molar-refractivity contribution in [2.24, 2.45) is 0 Å². The number of carbonyl (C=O) groups is 1. The first kappa shape index (κ1) is 17.1. The number of fused-ring (bicyclic) bond motifs is 1. The molecule has 2 aromatic heterocycles. The molecule has 1 amide bonds. The Morgan fingerprint density at radius 1 is 1.12 bits per heavy atom. The van der Waals surface area contributed by atoms with Gasteiger partial charge in [0.15, 0.2) is 0 Å². The predicted molar refractivity (Wildman–Crippen MR) is 108 cm³/mol. The van der Waals surface area contributed by atoms with Gasteiger partial charge in [-0.3, -0.25) is 4.79 Å². The molecular formula is C20H21BrN4O. The Hall–Kier alpha value is -2.34. The van der Waals surface area contributed by atoms with Crippen molar-refractivity contribution in [3.8, 4) is 0 Å². The van der Waals surface area contributed by atoms with Gasteiger partial charge in [-0.15, -0.1) is 0 Å². The van der Waals surface area contributed by atoms with E-state index >= 15 is 0 Å². The number of hydrogen-bond acceptors (Lipinski definition) is 3. The highest BCUT2D eigenvalue weighted by molar-refractivity contribution is 9.10. The minimum Gasteiger partial charge on any atom is -0.353 e. The number of halogens is 1. The number of aromatic nitrogens is 2. The number of rotatable bonds is 2. The lowest BCUT2D eigenvalue weighted by Gasteiger charge is -2.35. The SMILES string of the molecule is Cc1cc(C)c2cc(C(=O)N3CCN(c4ccc(Br)cn4)CC3)[nH]c2c1. The Bertz CT molecular complexity index is 956. The molecule has 0 radical (unpaired) electrons. The molecule has 1 saturated heterocycles. The van der Waals surface area contributed by atoms with E-state index in [-0.39, 0.29) is 5.91 Å². The summed E-state index contributed by atoms with van der Waals surface area (Å²) in [5.41, 5.74) is 4.10. The molecule has 1 N–H and O–H groups in total. The van der Waals surface area contributed by atoms with Crippen LogP contribution in [0.1, 0.15) is 21.6 Å². The fraction of sp³-hybridized carbons (Fsp3) is 0.300. The van der Waals surface area contributed by atoms with Gasteiger partial charge in [0.25, 0.3) is 5.91 Å². The standard InChI is InChI=1S/C20H21BrN4O/c1-13-9-14(2)16-11-18(23-17(16)10-13)20(26)25-7-5-24(6-8-25)19-4-3-15(21)12-22-19/h3-4,9-12,23H,5-8H2,1-2H3. The fourth-order valence-electron chi connectivity index (χ4n) is 3.58. The Morgan fingerprint density at radius 2 is 1.88 bits per heavy atom. The van der Waals surface area contributed by atoms with Gasteiger partial charge >= 0.3 is 0 Å². The topological polar surface area (TPSA) is 52.2 Å². The molecule has 1 aliphatic rings. The number of pyridine rings is 1. The van der Waals surface area contributed by atoms with Gasteiger partial charge in [-0.1, -0.05) is 6.07 Å². The zero-order chi connectivity index (χ0) is 18.3. The maximum atomic E-state index is 12.9. The summed E-state index contributed by atoms with van der Waals surface area (Å²) in [4.78, 5) is 24.8. The fourth-order valence-corrected chi connectivity index (χ4v) is 3.81. The van der Waals surface area contributed by atoms with Crippen molar-refractivity contribution in [2.45, 2.75) is 13.8 Å². The summed E-state index contributed by atoms with van der Waals surface area (Å²) in [7, 11) is 0. The quantitative estimate of drug-likeness (QED) is 0.693. The van der Waals surface area contributed by atoms with Crippen molar-refractivity contribution < 1.29 is 4.79 Å². The molecule has 1 fully saturated rings. The van der Waals surface area contributed by atoms with Crippen LogP contribution < -0.4 is 4.90 Å². The molecule has 1 aromatic carbocycles. The highest BCUT2D eigenvalue weighted by atomic mass is 79.9. The summed E-state index contributed by atoms with van der Waals surface area (Å²) in [5, 5.41) is 1.12. The van der Waals surface area contributed by atoms with E-state index < -0.39 is 0 Å². The largest absolute Gasteiger partial charge is 0.353 e. The van der Waals surface area contributed by atoms with E-state index in [9.17, 15) is 4.79 Å². The molecule has 5 nitrogen and oxygen atoms in total. The first-order valence-electron chi connectivity index (χ1n) is 8.77. The second-order valence-corrected chi connectivity index (χ2v) is 7.76. The van der Waals surface area contributed by atoms with Crippen LogP contribution in [0.25, 0.3) is 10.9 Å². The van der Waals surface area contributed by atoms with Crippen LogP contribution in [0.3, 0.4) is 0 Å². The van der Waals surface area contributed by atoms with Gasteiger partial charge in [-0.2, -0.15) is 0 Å². The molecule has 3 heterocycles. The van der Waals surface area contributed by atoms with Crippen LogP contribution in [0.4, 0.5) is 5.82 Å². The number of aryl methyl sites for hydroxylation is 2. The van der Waals surface area contributed by atoms with Crippen molar-refractivity contribution in [2.75, 3.05) is 31.1 Å². The first-order chi connectivity index (χ1) is 12.5. The Labute approximate surface area is 161 Å². The second kappa shape index (κ2) is 6.76. The summed E-state index contributed by atoms with van der Waals surface area (Å²) in [6, 6.07) is 10.2. The van der Waals surface area contributed by atoms with Crippen LogP contribution in [-0.2, 0) is 0 Å². The molecule has 0 spiro atoms. The summed E-state index contributed by atoms with van der Waals surface area (Å²) < 4.78 is 0.972. The van der Waals surface area contributed by atoms with Gasteiger partial charge < -0.3 is 14.8 Å². The molecule has 3 aromatic rings. The first-order valence-corrected chi connectivity index (χ1v) is 9.56. The van der Waals surface area contributed by atoms with E-state index in [0.29, 0.717) is 18.8 Å². The van der Waals surface area contributed by atoms with Crippen LogP contribution in [0.15, 0.2) is 41.0 Å². The smallest absolute Gasteiger partial charge is 0.270 e. The second-order valence-electron chi connectivity index (χ2n) is 6.84. The lowest BCUT2D eigenvalue weighted by molar-refractivity contribution is 0.0741. The van der Waals surface area contributed by atoms with Gasteiger partial charge in [0.1, 0.15) is 11.5 Å². The maximum Gasteiger partial charge on any atom is 0.270 e. The Morgan fingerprint density at radius 3 is 2.58 bits per heavy atom. The molecular weight excluding hydrogens is 392 g/mol. The summed E-state index contributed by atoms with van der Waals surface area (Å²) in [5.74, 6) is 1.03. The number of anilines is 1. The number of carbonyl (C=O) groups excluding carboxylic acids is 1. The van der Waals surface area contributed by atoms with Crippen LogP contribution in [0.2, 0.25) is 0 Å². The van der Waals surface area contributed by atoms with Gasteiger partial charge in [-0.25, -0.2) is 4.98 Å². The van der Waals surface area contributed by atoms with Crippen molar-refractivity contribution in [3.63, 3.8) is 0 Å². The molecule has 26 heavy (non-hydrogen) atoms. The average molecular weight is 413 g/mol. The van der Waals surface area contributed by atoms with E-state index in [1.54, 1.807) is 0 Å². The van der Waals surface area contributed by atoms with Crippen molar-refractivity contribution in [3.05, 3.63) is 57.8 Å². The predicted octanol–water partition coefficient (Wildman–Crippen LogP) is 3.90. The van der Waals surface area contributed by atoms with Crippen molar-refractivity contribution in [1.29, 1.82) is 0 Å². The van der Waals surface area contributed by atoms with Gasteiger partial charge in [0, 0.05) is 47.8 Å². The summed E-state index contributed by atoms with van der Waals surface area (Å²) in [6.45, 7) is 7.14. The maximum absolute atomic E-state index is 12.9. The van der Waals surface area contributed by atoms with E-state index in [4.69, 9.17) is 0 Å². The number of amides is 1. The number of aromatic amines is 1. The number of benzene rings is 1. The third kappa shape index (κ3) is 3.21. The minimum absolute atomic E-state index is 0.0710. The van der Waals surface area contributed by atoms with Crippen LogP contribution >= 0.6 is 15.9 Å². The lowest BCUT2D eigenvalue weighted by atomic mass is 10.1. The van der Waals surface area contributed by atoms with E-state index in [0.717, 1.165) is 34.3 Å². The molecule has 4 rings (SSSR count). The molecule has 0 unspecified atom stereocenters. The van der Waals surface area contributed by atoms with E-state index in [1.165, 1.54) is 11.1 Å². The van der Waals surface area contributed by atoms with E-state index in [1.807, 2.05) is 29.3 Å². The summed E-state index contributed by atoms with van der Waals surface area (Å²) in [6.07, 6.45) is 1.81. The number of nitrogens with one attached hydrogen (secondary N) is 1. The zero-order valence-corrected chi connectivity index (χ0v) is 16.5. The third-order valence-electron chi connectivity index (χ3n) is 4.92. The number of piperazine rings is 1. The Kier molecular flexibility index (Phi) is 4.44. The highest BCUT2D eigenvalue weighted by Crippen LogP contribution is 2.23. The minimum atomic E-state index is 0.0710. The van der Waals surface area contributed by atoms with Crippen LogP contribution in [0.5, 0.6) is 0 Å². The van der Waals surface area contributed by atoms with Crippen molar-refractivity contribution >= 4 is 38.6 Å². The van der Waals surface area contributed by atoms with Crippen molar-refractivity contribution in [1.82, 2.24) is 14.9 Å². The van der Waals surface area contributed by atoms with Crippen LogP contribution in [0, 0.1) is 13.8 Å². The number of H-pyrrole nitrogens is 1. The molecule has 0 bridgehead atoms. The average Bonchev–Trinajstić information content (AvgIpc) is 3.06. The van der Waals surface area contributed by atoms with Gasteiger partial charge in [-0.05, 0) is 65.2 Å². The Balaban J connectivity index is 1.48. The normalized spacial score (nSPS) is 14.9. The van der Waals surface area contributed by atoms with Gasteiger partial charge in [0.2, 0.25) is 0 Å². The molecule has 0 saturated carbocycles. The van der Waals surface area contributed by atoms with Gasteiger partial charge in [0.05, 0.1) is 0 Å². The molecule has 0 atom stereocenters. The highest BCUT2D eigenvalue weighted by Gasteiger charge is 2.24. The summed E-state index contributed by atoms with van der Waals surface area (Å²) >= 11 is 3.41.